The molecule has 22 heavy (non-hydrogen) atoms. The number of hydrogen-bond donors (Lipinski definition) is 1. The van der Waals surface area contributed by atoms with Crippen LogP contribution in [0.4, 0.5) is 9.18 Å². The standard InChI is InChI=1S/C15H18FN3O2S/c1-9(17-14(20)21-15(2,3)4)12-18-19-13(22-12)10-7-5-6-8-11(10)16/h5-9H,1-4H3,(H,17,20)/t9-/m1/s1. The van der Waals surface area contributed by atoms with Gasteiger partial charge in [0.25, 0.3) is 0 Å². The minimum absolute atomic E-state index is 0.349. The van der Waals surface area contributed by atoms with Gasteiger partial charge in [0.15, 0.2) is 5.01 Å². The summed E-state index contributed by atoms with van der Waals surface area (Å²) in [4.78, 5) is 11.7. The number of alkyl carbamates (subject to hydrolysis) is 1. The molecule has 1 N–H and O–H groups in total. The van der Waals surface area contributed by atoms with Gasteiger partial charge in [-0.2, -0.15) is 0 Å². The Kier molecular flexibility index (Phi) is 4.75. The van der Waals surface area contributed by atoms with Crippen LogP contribution < -0.4 is 5.32 Å². The highest BCUT2D eigenvalue weighted by Crippen LogP contribution is 2.28. The Morgan fingerprint density at radius 2 is 2.00 bits per heavy atom. The van der Waals surface area contributed by atoms with Crippen LogP contribution in [-0.4, -0.2) is 21.9 Å². The number of carbonyl (C=O) groups is 1. The molecule has 0 aliphatic rings. The first-order valence-corrected chi connectivity index (χ1v) is 7.66. The zero-order valence-corrected chi connectivity index (χ0v) is 13.7. The number of amides is 1. The SMILES string of the molecule is C[C@@H](NC(=O)OC(C)(C)C)c1nnc(-c2ccccc2F)s1. The van der Waals surface area contributed by atoms with Crippen molar-refractivity contribution in [3.05, 3.63) is 35.1 Å². The fraction of sp³-hybridized carbons (Fsp3) is 0.400. The Morgan fingerprint density at radius 1 is 1.32 bits per heavy atom. The molecule has 1 atom stereocenters. The van der Waals surface area contributed by atoms with Gasteiger partial charge in [0.2, 0.25) is 0 Å². The molecule has 1 aromatic heterocycles. The molecule has 1 aromatic carbocycles. The minimum atomic E-state index is -0.566. The van der Waals surface area contributed by atoms with Crippen molar-refractivity contribution in [3.8, 4) is 10.6 Å². The minimum Gasteiger partial charge on any atom is -0.444 e. The van der Waals surface area contributed by atoms with E-state index in [1.54, 1.807) is 45.9 Å². The summed E-state index contributed by atoms with van der Waals surface area (Å²) >= 11 is 1.24. The van der Waals surface area contributed by atoms with E-state index in [1.165, 1.54) is 17.4 Å². The second-order valence-electron chi connectivity index (χ2n) is 5.79. The molecule has 1 amide bonds. The highest BCUT2D eigenvalue weighted by Gasteiger charge is 2.21. The molecule has 2 aromatic rings. The second-order valence-corrected chi connectivity index (χ2v) is 6.80. The summed E-state index contributed by atoms with van der Waals surface area (Å²) in [5.41, 5.74) is -0.167. The quantitative estimate of drug-likeness (QED) is 0.929. The number of ether oxygens (including phenoxy) is 1. The van der Waals surface area contributed by atoms with E-state index < -0.39 is 11.7 Å². The maximum atomic E-state index is 13.7. The van der Waals surface area contributed by atoms with Crippen LogP contribution in [0.3, 0.4) is 0 Å². The van der Waals surface area contributed by atoms with E-state index in [4.69, 9.17) is 4.74 Å². The lowest BCUT2D eigenvalue weighted by molar-refractivity contribution is 0.0507. The lowest BCUT2D eigenvalue weighted by Gasteiger charge is -2.21. The van der Waals surface area contributed by atoms with Gasteiger partial charge >= 0.3 is 6.09 Å². The van der Waals surface area contributed by atoms with Gasteiger partial charge in [-0.05, 0) is 39.8 Å². The van der Waals surface area contributed by atoms with Crippen molar-refractivity contribution in [3.63, 3.8) is 0 Å². The molecule has 0 unspecified atom stereocenters. The summed E-state index contributed by atoms with van der Waals surface area (Å²) in [7, 11) is 0. The summed E-state index contributed by atoms with van der Waals surface area (Å²) in [6.45, 7) is 7.14. The summed E-state index contributed by atoms with van der Waals surface area (Å²) in [5.74, 6) is -0.349. The molecule has 2 rings (SSSR count). The first kappa shape index (κ1) is 16.4. The highest BCUT2D eigenvalue weighted by atomic mass is 32.1. The molecule has 118 valence electrons. The molecule has 0 aliphatic carbocycles. The molecule has 0 radical (unpaired) electrons. The van der Waals surface area contributed by atoms with Crippen molar-refractivity contribution >= 4 is 17.4 Å². The maximum absolute atomic E-state index is 13.7. The average molecular weight is 323 g/mol. The lowest BCUT2D eigenvalue weighted by Crippen LogP contribution is -2.34. The molecule has 0 saturated carbocycles. The molecule has 0 aliphatic heterocycles. The zero-order chi connectivity index (χ0) is 16.3. The molecule has 5 nitrogen and oxygen atoms in total. The Balaban J connectivity index is 2.08. The third-order valence-corrected chi connectivity index (χ3v) is 3.79. The summed E-state index contributed by atoms with van der Waals surface area (Å²) in [6.07, 6.45) is -0.525. The van der Waals surface area contributed by atoms with Crippen LogP contribution >= 0.6 is 11.3 Å². The van der Waals surface area contributed by atoms with E-state index in [2.05, 4.69) is 15.5 Å². The third-order valence-electron chi connectivity index (χ3n) is 2.65. The number of halogens is 1. The third kappa shape index (κ3) is 4.24. The van der Waals surface area contributed by atoms with Crippen molar-refractivity contribution < 1.29 is 13.9 Å². The van der Waals surface area contributed by atoms with E-state index in [9.17, 15) is 9.18 Å². The van der Waals surface area contributed by atoms with E-state index in [-0.39, 0.29) is 11.9 Å². The lowest BCUT2D eigenvalue weighted by atomic mass is 10.2. The fourth-order valence-electron chi connectivity index (χ4n) is 1.70. The molecule has 0 fully saturated rings. The van der Waals surface area contributed by atoms with Gasteiger partial charge in [-0.25, -0.2) is 9.18 Å². The first-order chi connectivity index (χ1) is 10.3. The molecule has 0 bridgehead atoms. The van der Waals surface area contributed by atoms with Crippen molar-refractivity contribution in [2.45, 2.75) is 39.3 Å². The van der Waals surface area contributed by atoms with Gasteiger partial charge in [0.05, 0.1) is 6.04 Å². The van der Waals surface area contributed by atoms with E-state index >= 15 is 0 Å². The molecule has 1 heterocycles. The van der Waals surface area contributed by atoms with Gasteiger partial charge in [-0.3, -0.25) is 0 Å². The van der Waals surface area contributed by atoms with Gasteiger partial charge in [-0.15, -0.1) is 10.2 Å². The number of benzene rings is 1. The summed E-state index contributed by atoms with van der Waals surface area (Å²) in [5, 5.41) is 11.8. The van der Waals surface area contributed by atoms with Crippen LogP contribution in [0.5, 0.6) is 0 Å². The second kappa shape index (κ2) is 6.39. The molecule has 0 saturated heterocycles. The molecular weight excluding hydrogens is 305 g/mol. The monoisotopic (exact) mass is 323 g/mol. The van der Waals surface area contributed by atoms with Gasteiger partial charge < -0.3 is 10.1 Å². The first-order valence-electron chi connectivity index (χ1n) is 6.84. The molecule has 0 spiro atoms. The van der Waals surface area contributed by atoms with Crippen LogP contribution in [0, 0.1) is 5.82 Å². The molecular formula is C15H18FN3O2S. The highest BCUT2D eigenvalue weighted by molar-refractivity contribution is 7.14. The number of rotatable bonds is 3. The number of nitrogens with zero attached hydrogens (tertiary/aromatic N) is 2. The summed E-state index contributed by atoms with van der Waals surface area (Å²) in [6, 6.07) is 6.01. The fourth-order valence-corrected chi connectivity index (χ4v) is 2.57. The smallest absolute Gasteiger partial charge is 0.408 e. The van der Waals surface area contributed by atoms with Gasteiger partial charge in [-0.1, -0.05) is 23.5 Å². The Morgan fingerprint density at radius 3 is 2.64 bits per heavy atom. The van der Waals surface area contributed by atoms with E-state index in [1.807, 2.05) is 0 Å². The van der Waals surface area contributed by atoms with Crippen LogP contribution in [0.2, 0.25) is 0 Å². The van der Waals surface area contributed by atoms with Crippen molar-refractivity contribution in [1.29, 1.82) is 0 Å². The number of nitrogens with one attached hydrogen (secondary N) is 1. The van der Waals surface area contributed by atoms with Crippen LogP contribution in [0.15, 0.2) is 24.3 Å². The van der Waals surface area contributed by atoms with Crippen LogP contribution in [-0.2, 0) is 4.74 Å². The van der Waals surface area contributed by atoms with Gasteiger partial charge in [0.1, 0.15) is 16.4 Å². The normalized spacial score (nSPS) is 12.8. The zero-order valence-electron chi connectivity index (χ0n) is 12.9. The van der Waals surface area contributed by atoms with Crippen LogP contribution in [0.1, 0.15) is 38.7 Å². The van der Waals surface area contributed by atoms with Gasteiger partial charge in [0, 0.05) is 5.56 Å². The average Bonchev–Trinajstić information content (AvgIpc) is 2.86. The van der Waals surface area contributed by atoms with E-state index in [0.717, 1.165) is 0 Å². The Bertz CT molecular complexity index is 667. The van der Waals surface area contributed by atoms with E-state index in [0.29, 0.717) is 15.6 Å². The Labute approximate surface area is 132 Å². The topological polar surface area (TPSA) is 64.1 Å². The number of hydrogen-bond acceptors (Lipinski definition) is 5. The van der Waals surface area contributed by atoms with Crippen molar-refractivity contribution in [2.75, 3.05) is 0 Å². The predicted octanol–water partition coefficient (Wildman–Crippen LogP) is 3.93. The predicted molar refractivity (Wildman–Crippen MR) is 83.1 cm³/mol. The maximum Gasteiger partial charge on any atom is 0.408 e. The Hall–Kier alpha value is -2.02. The summed E-state index contributed by atoms with van der Waals surface area (Å²) < 4.78 is 18.9. The van der Waals surface area contributed by atoms with Crippen LogP contribution in [0.25, 0.3) is 10.6 Å². The largest absolute Gasteiger partial charge is 0.444 e. The number of aromatic nitrogens is 2. The molecule has 7 heteroatoms. The van der Waals surface area contributed by atoms with Crippen molar-refractivity contribution in [2.24, 2.45) is 0 Å². The number of carbonyl (C=O) groups excluding carboxylic acids is 1. The van der Waals surface area contributed by atoms with Crippen molar-refractivity contribution in [1.82, 2.24) is 15.5 Å².